The van der Waals surface area contributed by atoms with Gasteiger partial charge in [-0.15, -0.1) is 0 Å². The minimum atomic E-state index is -4.83. The van der Waals surface area contributed by atoms with Gasteiger partial charge < -0.3 is 5.32 Å². The number of nitrogens with one attached hydrogen (secondary N) is 1. The normalized spacial score (nSPS) is 13.7. The zero-order valence-corrected chi connectivity index (χ0v) is 18.3. The molecule has 4 nitrogen and oxygen atoms in total. The number of carbonyl (C=O) groups is 1. The molecule has 0 aliphatic rings. The van der Waals surface area contributed by atoms with E-state index in [2.05, 4.69) is 21.9 Å². The number of pyridine rings is 2. The van der Waals surface area contributed by atoms with Crippen LogP contribution in [0.3, 0.4) is 0 Å². The molecule has 0 saturated heterocycles. The van der Waals surface area contributed by atoms with Gasteiger partial charge in [0.2, 0.25) is 0 Å². The molecule has 1 amide bonds. The average Bonchev–Trinajstić information content (AvgIpc) is 2.81. The van der Waals surface area contributed by atoms with Crippen molar-refractivity contribution >= 4 is 16.8 Å². The zero-order chi connectivity index (χ0) is 25.8. The van der Waals surface area contributed by atoms with Crippen LogP contribution >= 0.6 is 0 Å². The van der Waals surface area contributed by atoms with E-state index in [4.69, 9.17) is 0 Å². The lowest BCUT2D eigenvalue weighted by Gasteiger charge is -2.23. The number of alkyl halides is 6. The predicted molar refractivity (Wildman–Crippen MR) is 119 cm³/mol. The average molecular weight is 491 g/mol. The van der Waals surface area contributed by atoms with Crippen molar-refractivity contribution in [1.29, 1.82) is 0 Å². The van der Waals surface area contributed by atoms with E-state index in [1.807, 2.05) is 0 Å². The van der Waals surface area contributed by atoms with Gasteiger partial charge in [0.1, 0.15) is 0 Å². The summed E-state index contributed by atoms with van der Waals surface area (Å²) in [5.74, 6) is -0.780. The number of aromatic nitrogens is 2. The highest BCUT2D eigenvalue weighted by Crippen LogP contribution is 2.36. The van der Waals surface area contributed by atoms with Crippen LogP contribution in [0.2, 0.25) is 0 Å². The van der Waals surface area contributed by atoms with Gasteiger partial charge in [0.25, 0.3) is 5.91 Å². The van der Waals surface area contributed by atoms with Crippen molar-refractivity contribution in [2.45, 2.75) is 25.3 Å². The van der Waals surface area contributed by atoms with Crippen LogP contribution in [0.4, 0.5) is 26.3 Å². The summed E-state index contributed by atoms with van der Waals surface area (Å²) in [4.78, 5) is 20.9. The van der Waals surface area contributed by atoms with Crippen molar-refractivity contribution in [3.8, 4) is 0 Å². The molecule has 2 heterocycles. The molecule has 182 valence electrons. The zero-order valence-electron chi connectivity index (χ0n) is 18.3. The van der Waals surface area contributed by atoms with E-state index in [9.17, 15) is 31.1 Å². The standard InChI is InChI=1S/C25H19F6N3O/c1-3-18(24(26,27)28)11-8-15(2)21(22-19(25(29,30)31)7-5-13-33-22)34-23(35)17-10-9-16-6-4-12-32-20(16)14-17/h3-14,21H,2H2,1H3,(H,34,35)/b11-8-,18-3+/t21-/m0/s1. The van der Waals surface area contributed by atoms with Crippen LogP contribution in [0.25, 0.3) is 10.9 Å². The lowest BCUT2D eigenvalue weighted by molar-refractivity contribution is -0.138. The Balaban J connectivity index is 2.03. The van der Waals surface area contributed by atoms with Crippen LogP contribution in [0.5, 0.6) is 0 Å². The van der Waals surface area contributed by atoms with Crippen molar-refractivity contribution < 1.29 is 31.1 Å². The largest absolute Gasteiger partial charge is 0.418 e. The maximum absolute atomic E-state index is 13.7. The van der Waals surface area contributed by atoms with E-state index >= 15 is 0 Å². The molecule has 0 aliphatic heterocycles. The molecule has 0 saturated carbocycles. The highest BCUT2D eigenvalue weighted by atomic mass is 19.4. The summed E-state index contributed by atoms with van der Waals surface area (Å²) in [6.07, 6.45) is -4.51. The van der Waals surface area contributed by atoms with E-state index < -0.39 is 41.1 Å². The van der Waals surface area contributed by atoms with Gasteiger partial charge >= 0.3 is 12.4 Å². The van der Waals surface area contributed by atoms with E-state index in [1.165, 1.54) is 25.3 Å². The molecule has 0 bridgehead atoms. The first-order valence-corrected chi connectivity index (χ1v) is 10.2. The van der Waals surface area contributed by atoms with E-state index in [-0.39, 0.29) is 11.1 Å². The first-order valence-electron chi connectivity index (χ1n) is 10.2. The second-order valence-corrected chi connectivity index (χ2v) is 7.40. The van der Waals surface area contributed by atoms with Gasteiger partial charge in [-0.25, -0.2) is 0 Å². The summed E-state index contributed by atoms with van der Waals surface area (Å²) < 4.78 is 80.3. The van der Waals surface area contributed by atoms with Crippen LogP contribution in [0.15, 0.2) is 90.8 Å². The van der Waals surface area contributed by atoms with Crippen LogP contribution in [-0.2, 0) is 6.18 Å². The molecule has 1 N–H and O–H groups in total. The molecule has 1 aromatic carbocycles. The smallest absolute Gasteiger partial charge is 0.340 e. The number of allylic oxidation sites excluding steroid dienone is 3. The van der Waals surface area contributed by atoms with E-state index in [0.29, 0.717) is 11.6 Å². The number of amides is 1. The Morgan fingerprint density at radius 1 is 1.00 bits per heavy atom. The third-order valence-corrected chi connectivity index (χ3v) is 5.05. The number of nitrogens with zero attached hydrogens (tertiary/aromatic N) is 2. The molecule has 2 aromatic heterocycles. The van der Waals surface area contributed by atoms with Crippen LogP contribution in [0, 0.1) is 0 Å². The third-order valence-electron chi connectivity index (χ3n) is 5.05. The number of halogens is 6. The number of fused-ring (bicyclic) bond motifs is 1. The second kappa shape index (κ2) is 10.1. The molecule has 0 fully saturated rings. The summed E-state index contributed by atoms with van der Waals surface area (Å²) in [6, 6.07) is 8.26. The van der Waals surface area contributed by atoms with Gasteiger partial charge in [-0.1, -0.05) is 36.9 Å². The van der Waals surface area contributed by atoms with Crippen molar-refractivity contribution in [3.05, 3.63) is 108 Å². The van der Waals surface area contributed by atoms with Gasteiger partial charge in [0.05, 0.1) is 28.4 Å². The summed E-state index contributed by atoms with van der Waals surface area (Å²) in [5.41, 5.74) is -2.44. The Labute approximate surface area is 196 Å². The minimum absolute atomic E-state index is 0.0897. The van der Waals surface area contributed by atoms with Gasteiger partial charge in [-0.3, -0.25) is 14.8 Å². The lowest BCUT2D eigenvalue weighted by Crippen LogP contribution is -2.31. The number of benzene rings is 1. The fraction of sp³-hybridized carbons (Fsp3) is 0.160. The summed E-state index contributed by atoms with van der Waals surface area (Å²) in [6.45, 7) is 4.79. The van der Waals surface area contributed by atoms with Gasteiger partial charge in [-0.2, -0.15) is 26.3 Å². The Hall–Kier alpha value is -3.95. The maximum Gasteiger partial charge on any atom is 0.418 e. The molecule has 0 unspecified atom stereocenters. The maximum atomic E-state index is 13.7. The summed E-state index contributed by atoms with van der Waals surface area (Å²) in [5, 5.41) is 3.17. The summed E-state index contributed by atoms with van der Waals surface area (Å²) >= 11 is 0. The molecule has 3 aromatic rings. The van der Waals surface area contributed by atoms with Crippen molar-refractivity contribution in [2.75, 3.05) is 0 Å². The van der Waals surface area contributed by atoms with E-state index in [0.717, 1.165) is 35.9 Å². The molecule has 0 spiro atoms. The molecule has 35 heavy (non-hydrogen) atoms. The predicted octanol–water partition coefficient (Wildman–Crippen LogP) is 6.74. The first kappa shape index (κ1) is 25.7. The van der Waals surface area contributed by atoms with Crippen molar-refractivity contribution in [3.63, 3.8) is 0 Å². The van der Waals surface area contributed by atoms with Crippen molar-refractivity contribution in [1.82, 2.24) is 15.3 Å². The molecular weight excluding hydrogens is 472 g/mol. The number of carbonyl (C=O) groups excluding carboxylic acids is 1. The van der Waals surface area contributed by atoms with Gasteiger partial charge in [0.15, 0.2) is 0 Å². The van der Waals surface area contributed by atoms with Gasteiger partial charge in [0, 0.05) is 23.3 Å². The SMILES string of the molecule is C=C(/C=C\C(=C/C)C(F)(F)F)[C@H](NC(=O)c1ccc2cccnc2c1)c1ncccc1C(F)(F)F. The monoisotopic (exact) mass is 491 g/mol. The first-order chi connectivity index (χ1) is 16.4. The minimum Gasteiger partial charge on any atom is -0.340 e. The fourth-order valence-electron chi connectivity index (χ4n) is 3.29. The Morgan fingerprint density at radius 2 is 1.69 bits per heavy atom. The quantitative estimate of drug-likeness (QED) is 0.307. The van der Waals surface area contributed by atoms with Crippen LogP contribution in [0.1, 0.15) is 34.6 Å². The molecule has 0 aliphatic carbocycles. The Kier molecular flexibility index (Phi) is 7.42. The highest BCUT2D eigenvalue weighted by molar-refractivity contribution is 5.98. The van der Waals surface area contributed by atoms with Crippen LogP contribution in [-0.4, -0.2) is 22.1 Å². The van der Waals surface area contributed by atoms with Crippen LogP contribution < -0.4 is 5.32 Å². The molecule has 0 radical (unpaired) electrons. The molecular formula is C25H19F6N3O. The lowest BCUT2D eigenvalue weighted by atomic mass is 9.98. The number of hydrogen-bond acceptors (Lipinski definition) is 3. The Morgan fingerprint density at radius 3 is 2.34 bits per heavy atom. The van der Waals surface area contributed by atoms with Gasteiger partial charge in [-0.05, 0) is 42.8 Å². The topological polar surface area (TPSA) is 54.9 Å². The number of hydrogen-bond donors (Lipinski definition) is 1. The molecule has 3 rings (SSSR count). The van der Waals surface area contributed by atoms with E-state index in [1.54, 1.807) is 18.2 Å². The third kappa shape index (κ3) is 6.14. The highest BCUT2D eigenvalue weighted by Gasteiger charge is 2.37. The van der Waals surface area contributed by atoms with Crippen molar-refractivity contribution in [2.24, 2.45) is 0 Å². The Bertz CT molecular complexity index is 1310. The fourth-order valence-corrected chi connectivity index (χ4v) is 3.29. The molecule has 1 atom stereocenters. The summed E-state index contributed by atoms with van der Waals surface area (Å²) in [7, 11) is 0. The number of rotatable bonds is 6. The molecule has 10 heteroatoms. The second-order valence-electron chi connectivity index (χ2n) is 7.40.